The van der Waals surface area contributed by atoms with Crippen LogP contribution in [0.5, 0.6) is 0 Å². The van der Waals surface area contributed by atoms with E-state index in [1.807, 2.05) is 0 Å². The molecule has 1 rings (SSSR count). The van der Waals surface area contributed by atoms with Crippen LogP contribution in [0.2, 0.25) is 0 Å². The Hall–Kier alpha value is -0.650. The second-order valence-electron chi connectivity index (χ2n) is 2.60. The lowest BCUT2D eigenvalue weighted by atomic mass is 10.2. The van der Waals surface area contributed by atoms with Crippen LogP contribution in [0.15, 0.2) is 0 Å². The van der Waals surface area contributed by atoms with Crippen molar-refractivity contribution in [2.24, 2.45) is 0 Å². The number of nitrogens with one attached hydrogen (secondary N) is 2. The molecule has 12 heavy (non-hydrogen) atoms. The lowest BCUT2D eigenvalue weighted by Crippen LogP contribution is -2.51. The average Bonchev–Trinajstić information content (AvgIpc) is 2.15. The molecule has 0 radical (unpaired) electrons. The van der Waals surface area contributed by atoms with Crippen LogP contribution in [-0.4, -0.2) is 50.0 Å². The number of ether oxygens (including phenoxy) is 1. The molecule has 1 fully saturated rings. The molecule has 1 atom stereocenters. The highest BCUT2D eigenvalue weighted by molar-refractivity contribution is 5.81. The van der Waals surface area contributed by atoms with E-state index in [2.05, 4.69) is 10.6 Å². The van der Waals surface area contributed by atoms with Gasteiger partial charge in [-0.2, -0.15) is 0 Å². The van der Waals surface area contributed by atoms with Gasteiger partial charge in [0.25, 0.3) is 0 Å². The van der Waals surface area contributed by atoms with Gasteiger partial charge in [0.1, 0.15) is 6.04 Å². The summed E-state index contributed by atoms with van der Waals surface area (Å²) in [5, 5.41) is 14.0. The highest BCUT2D eigenvalue weighted by atomic mass is 16.5. The largest absolute Gasteiger partial charge is 0.395 e. The van der Waals surface area contributed by atoms with E-state index in [0.29, 0.717) is 26.3 Å². The number of rotatable bonds is 3. The lowest BCUT2D eigenvalue weighted by Gasteiger charge is -2.22. The maximum absolute atomic E-state index is 11.2. The Labute approximate surface area is 71.1 Å². The van der Waals surface area contributed by atoms with Crippen molar-refractivity contribution in [3.05, 3.63) is 0 Å². The van der Waals surface area contributed by atoms with Crippen LogP contribution in [0.4, 0.5) is 0 Å². The van der Waals surface area contributed by atoms with E-state index in [9.17, 15) is 4.79 Å². The van der Waals surface area contributed by atoms with Gasteiger partial charge >= 0.3 is 0 Å². The third kappa shape index (κ3) is 2.77. The predicted octanol–water partition coefficient (Wildman–Crippen LogP) is -1.92. The summed E-state index contributed by atoms with van der Waals surface area (Å²) in [6, 6.07) is -0.259. The van der Waals surface area contributed by atoms with Crippen molar-refractivity contribution in [1.82, 2.24) is 10.6 Å². The van der Waals surface area contributed by atoms with Crippen LogP contribution < -0.4 is 10.6 Å². The van der Waals surface area contributed by atoms with Gasteiger partial charge in [-0.15, -0.1) is 0 Å². The van der Waals surface area contributed by atoms with Gasteiger partial charge in [-0.3, -0.25) is 4.79 Å². The quantitative estimate of drug-likeness (QED) is 0.466. The Morgan fingerprint density at radius 1 is 1.75 bits per heavy atom. The van der Waals surface area contributed by atoms with Crippen molar-refractivity contribution in [1.29, 1.82) is 0 Å². The van der Waals surface area contributed by atoms with Gasteiger partial charge in [0.15, 0.2) is 0 Å². The number of carbonyl (C=O) groups is 1. The van der Waals surface area contributed by atoms with E-state index >= 15 is 0 Å². The van der Waals surface area contributed by atoms with Crippen molar-refractivity contribution in [3.8, 4) is 0 Å². The number of aliphatic hydroxyl groups is 1. The summed E-state index contributed by atoms with van der Waals surface area (Å²) in [6.45, 7) is 2.05. The van der Waals surface area contributed by atoms with Gasteiger partial charge < -0.3 is 20.5 Å². The first-order valence-corrected chi connectivity index (χ1v) is 4.04. The summed E-state index contributed by atoms with van der Waals surface area (Å²) in [6.07, 6.45) is 0. The van der Waals surface area contributed by atoms with Gasteiger partial charge in [-0.25, -0.2) is 0 Å². The molecule has 5 heteroatoms. The number of aliphatic hydroxyl groups excluding tert-OH is 1. The van der Waals surface area contributed by atoms with Crippen molar-refractivity contribution in [3.63, 3.8) is 0 Å². The molecule has 0 saturated carbocycles. The third-order valence-electron chi connectivity index (χ3n) is 1.65. The highest BCUT2D eigenvalue weighted by Crippen LogP contribution is 1.92. The molecule has 70 valence electrons. The zero-order valence-corrected chi connectivity index (χ0v) is 6.88. The molecular weight excluding hydrogens is 160 g/mol. The van der Waals surface area contributed by atoms with Crippen LogP contribution in [0.25, 0.3) is 0 Å². The molecule has 0 unspecified atom stereocenters. The van der Waals surface area contributed by atoms with Gasteiger partial charge in [0.05, 0.1) is 19.8 Å². The summed E-state index contributed by atoms with van der Waals surface area (Å²) in [5.41, 5.74) is 0. The van der Waals surface area contributed by atoms with Crippen molar-refractivity contribution in [2.75, 3.05) is 32.9 Å². The molecular formula is C7H14N2O3. The van der Waals surface area contributed by atoms with Crippen molar-refractivity contribution >= 4 is 5.91 Å². The number of morpholine rings is 1. The van der Waals surface area contributed by atoms with Crippen molar-refractivity contribution in [2.45, 2.75) is 6.04 Å². The van der Waals surface area contributed by atoms with Crippen LogP contribution in [0.1, 0.15) is 0 Å². The van der Waals surface area contributed by atoms with Gasteiger partial charge in [-0.05, 0) is 0 Å². The Balaban J connectivity index is 2.20. The minimum atomic E-state index is -0.259. The molecule has 0 aromatic carbocycles. The Bertz CT molecular complexity index is 146. The summed E-state index contributed by atoms with van der Waals surface area (Å²) in [4.78, 5) is 11.2. The molecule has 0 bridgehead atoms. The predicted molar refractivity (Wildman–Crippen MR) is 42.7 cm³/mol. The Kier molecular flexibility index (Phi) is 3.99. The van der Waals surface area contributed by atoms with E-state index < -0.39 is 0 Å². The summed E-state index contributed by atoms with van der Waals surface area (Å²) >= 11 is 0. The normalized spacial score (nSPS) is 23.6. The van der Waals surface area contributed by atoms with Gasteiger partial charge in [0, 0.05) is 13.1 Å². The topological polar surface area (TPSA) is 70.6 Å². The maximum atomic E-state index is 11.2. The Morgan fingerprint density at radius 2 is 2.58 bits per heavy atom. The monoisotopic (exact) mass is 174 g/mol. The fourth-order valence-electron chi connectivity index (χ4n) is 1.04. The van der Waals surface area contributed by atoms with E-state index in [-0.39, 0.29) is 18.6 Å². The van der Waals surface area contributed by atoms with E-state index in [0.717, 1.165) is 0 Å². The second-order valence-corrected chi connectivity index (χ2v) is 2.60. The molecule has 0 aliphatic carbocycles. The van der Waals surface area contributed by atoms with E-state index in [4.69, 9.17) is 9.84 Å². The summed E-state index contributed by atoms with van der Waals surface area (Å²) in [7, 11) is 0. The number of amides is 1. The smallest absolute Gasteiger partial charge is 0.239 e. The van der Waals surface area contributed by atoms with Crippen LogP contribution in [0.3, 0.4) is 0 Å². The first-order valence-electron chi connectivity index (χ1n) is 4.04. The van der Waals surface area contributed by atoms with Crippen LogP contribution >= 0.6 is 0 Å². The zero-order valence-electron chi connectivity index (χ0n) is 6.88. The summed E-state index contributed by atoms with van der Waals surface area (Å²) in [5.74, 6) is -0.108. The zero-order chi connectivity index (χ0) is 8.81. The molecule has 1 saturated heterocycles. The van der Waals surface area contributed by atoms with E-state index in [1.165, 1.54) is 0 Å². The van der Waals surface area contributed by atoms with Gasteiger partial charge in [-0.1, -0.05) is 0 Å². The molecule has 0 spiro atoms. The van der Waals surface area contributed by atoms with Crippen LogP contribution in [0, 0.1) is 0 Å². The number of hydrogen-bond donors (Lipinski definition) is 3. The summed E-state index contributed by atoms with van der Waals surface area (Å²) < 4.78 is 5.10. The Morgan fingerprint density at radius 3 is 3.17 bits per heavy atom. The molecule has 1 heterocycles. The molecule has 0 aromatic heterocycles. The lowest BCUT2D eigenvalue weighted by molar-refractivity contribution is -0.126. The second kappa shape index (κ2) is 5.08. The third-order valence-corrected chi connectivity index (χ3v) is 1.65. The molecule has 1 aliphatic rings. The number of carbonyl (C=O) groups excluding carboxylic acids is 1. The SMILES string of the molecule is O=C(NCCO)[C@@H]1COCCN1. The molecule has 0 aromatic rings. The standard InChI is InChI=1S/C7H14N2O3/c10-3-1-9-7(11)6-5-12-4-2-8-6/h6,8,10H,1-5H2,(H,9,11)/t6-/m0/s1. The van der Waals surface area contributed by atoms with E-state index in [1.54, 1.807) is 0 Å². The maximum Gasteiger partial charge on any atom is 0.239 e. The number of hydrogen-bond acceptors (Lipinski definition) is 4. The first kappa shape index (κ1) is 9.44. The van der Waals surface area contributed by atoms with Crippen LogP contribution in [-0.2, 0) is 9.53 Å². The average molecular weight is 174 g/mol. The van der Waals surface area contributed by atoms with Crippen molar-refractivity contribution < 1.29 is 14.6 Å². The minimum absolute atomic E-state index is 0.0285. The van der Waals surface area contributed by atoms with Gasteiger partial charge in [0.2, 0.25) is 5.91 Å². The molecule has 1 amide bonds. The minimum Gasteiger partial charge on any atom is -0.395 e. The molecule has 5 nitrogen and oxygen atoms in total. The molecule has 1 aliphatic heterocycles. The molecule has 3 N–H and O–H groups in total. The fraction of sp³-hybridized carbons (Fsp3) is 0.857. The fourth-order valence-corrected chi connectivity index (χ4v) is 1.04. The highest BCUT2D eigenvalue weighted by Gasteiger charge is 2.19. The first-order chi connectivity index (χ1) is 5.84.